The minimum atomic E-state index is -0.486. The number of rotatable bonds is 5. The predicted octanol–water partition coefficient (Wildman–Crippen LogP) is 2.30. The van der Waals surface area contributed by atoms with E-state index in [4.69, 9.17) is 5.73 Å². The summed E-state index contributed by atoms with van der Waals surface area (Å²) in [5.74, 6) is -0.929. The third kappa shape index (κ3) is 2.77. The number of hydrogen-bond acceptors (Lipinski definition) is 4. The molecule has 0 aromatic heterocycles. The number of carbonyl (C=O) groups excluding carboxylic acids is 2. The van der Waals surface area contributed by atoms with Crippen LogP contribution in [0.25, 0.3) is 0 Å². The van der Waals surface area contributed by atoms with E-state index in [1.807, 2.05) is 0 Å². The van der Waals surface area contributed by atoms with E-state index in [1.54, 1.807) is 31.2 Å². The second-order valence-corrected chi connectivity index (χ2v) is 3.87. The van der Waals surface area contributed by atoms with Crippen LogP contribution in [0.4, 0.5) is 5.69 Å². The minimum absolute atomic E-state index is 0.0127. The second-order valence-electron chi connectivity index (χ2n) is 3.87. The van der Waals surface area contributed by atoms with Gasteiger partial charge in [-0.15, -0.1) is 6.58 Å². The molecule has 0 aliphatic carbocycles. The second kappa shape index (κ2) is 6.00. The molecule has 18 heavy (non-hydrogen) atoms. The molecule has 0 heterocycles. The number of ether oxygens (including phenoxy) is 1. The Balaban J connectivity index is 3.25. The lowest BCUT2D eigenvalue weighted by molar-refractivity contribution is -0.119. The molecule has 0 saturated heterocycles. The van der Waals surface area contributed by atoms with Crippen LogP contribution in [-0.4, -0.2) is 18.9 Å². The Morgan fingerprint density at radius 1 is 1.50 bits per heavy atom. The van der Waals surface area contributed by atoms with Gasteiger partial charge in [-0.25, -0.2) is 4.79 Å². The quantitative estimate of drug-likeness (QED) is 0.492. The minimum Gasteiger partial charge on any atom is -0.465 e. The van der Waals surface area contributed by atoms with E-state index in [-0.39, 0.29) is 5.78 Å². The van der Waals surface area contributed by atoms with Crippen molar-refractivity contribution in [3.63, 3.8) is 0 Å². The standard InChI is InChI=1S/C14H17NO3/c1-4-10(13(16)5-2)11-8-9(14(17)18-3)6-7-12(11)15/h4,6-8,10H,1,5,15H2,2-3H3. The first-order chi connectivity index (χ1) is 8.54. The van der Waals surface area contributed by atoms with E-state index in [2.05, 4.69) is 11.3 Å². The maximum absolute atomic E-state index is 11.8. The van der Waals surface area contributed by atoms with Gasteiger partial charge in [-0.3, -0.25) is 4.79 Å². The maximum atomic E-state index is 11.8. The van der Waals surface area contributed by atoms with Crippen molar-refractivity contribution in [3.8, 4) is 0 Å². The Morgan fingerprint density at radius 3 is 2.67 bits per heavy atom. The van der Waals surface area contributed by atoms with Crippen molar-refractivity contribution in [2.75, 3.05) is 12.8 Å². The molecule has 0 bridgehead atoms. The Bertz CT molecular complexity index is 480. The zero-order valence-electron chi connectivity index (χ0n) is 10.6. The molecule has 0 aliphatic rings. The summed E-state index contributed by atoms with van der Waals surface area (Å²) in [6.45, 7) is 5.43. The van der Waals surface area contributed by atoms with E-state index in [0.29, 0.717) is 23.2 Å². The molecule has 1 rings (SSSR count). The SMILES string of the molecule is C=CC(C(=O)CC)c1cc(C(=O)OC)ccc1N. The fraction of sp³-hybridized carbons (Fsp3) is 0.286. The van der Waals surface area contributed by atoms with Crippen molar-refractivity contribution in [1.29, 1.82) is 0 Å². The molecule has 4 nitrogen and oxygen atoms in total. The van der Waals surface area contributed by atoms with Gasteiger partial charge in [0.1, 0.15) is 5.78 Å². The van der Waals surface area contributed by atoms with Gasteiger partial charge in [-0.05, 0) is 23.8 Å². The number of benzene rings is 1. The van der Waals surface area contributed by atoms with Crippen molar-refractivity contribution in [2.45, 2.75) is 19.3 Å². The first-order valence-electron chi connectivity index (χ1n) is 5.68. The largest absolute Gasteiger partial charge is 0.465 e. The van der Waals surface area contributed by atoms with Crippen LogP contribution in [-0.2, 0) is 9.53 Å². The molecule has 0 spiro atoms. The lowest BCUT2D eigenvalue weighted by atomic mass is 9.91. The van der Waals surface area contributed by atoms with Gasteiger partial charge in [0.15, 0.2) is 0 Å². The third-order valence-electron chi connectivity index (χ3n) is 2.77. The van der Waals surface area contributed by atoms with Crippen LogP contribution in [0.3, 0.4) is 0 Å². The highest BCUT2D eigenvalue weighted by Crippen LogP contribution is 2.26. The number of carbonyl (C=O) groups is 2. The summed E-state index contributed by atoms with van der Waals surface area (Å²) in [7, 11) is 1.31. The number of nitrogens with two attached hydrogens (primary N) is 1. The highest BCUT2D eigenvalue weighted by atomic mass is 16.5. The summed E-state index contributed by atoms with van der Waals surface area (Å²) in [6.07, 6.45) is 1.93. The summed E-state index contributed by atoms with van der Waals surface area (Å²) in [5.41, 5.74) is 7.28. The van der Waals surface area contributed by atoms with Gasteiger partial charge in [0.2, 0.25) is 0 Å². The van der Waals surface area contributed by atoms with Crippen molar-refractivity contribution in [3.05, 3.63) is 42.0 Å². The third-order valence-corrected chi connectivity index (χ3v) is 2.77. The van der Waals surface area contributed by atoms with Crippen LogP contribution >= 0.6 is 0 Å². The molecule has 1 unspecified atom stereocenters. The lowest BCUT2D eigenvalue weighted by Gasteiger charge is -2.14. The topological polar surface area (TPSA) is 69.4 Å². The molecule has 1 aromatic carbocycles. The maximum Gasteiger partial charge on any atom is 0.337 e. The summed E-state index contributed by atoms with van der Waals surface area (Å²) >= 11 is 0. The summed E-state index contributed by atoms with van der Waals surface area (Å²) in [4.78, 5) is 23.3. The fourth-order valence-electron chi connectivity index (χ4n) is 1.74. The number of nitrogen functional groups attached to an aromatic ring is 1. The Morgan fingerprint density at radius 2 is 2.17 bits per heavy atom. The Kier molecular flexibility index (Phi) is 4.66. The normalized spacial score (nSPS) is 11.7. The molecule has 0 saturated carbocycles. The molecule has 1 aromatic rings. The van der Waals surface area contributed by atoms with E-state index < -0.39 is 11.9 Å². The van der Waals surface area contributed by atoms with Crippen LogP contribution in [0.2, 0.25) is 0 Å². The van der Waals surface area contributed by atoms with Gasteiger partial charge in [-0.2, -0.15) is 0 Å². The monoisotopic (exact) mass is 247 g/mol. The van der Waals surface area contributed by atoms with Gasteiger partial charge in [-0.1, -0.05) is 13.0 Å². The summed E-state index contributed by atoms with van der Waals surface area (Å²) in [6, 6.07) is 4.75. The number of hydrogen-bond donors (Lipinski definition) is 1. The van der Waals surface area contributed by atoms with E-state index in [0.717, 1.165) is 0 Å². The first kappa shape index (κ1) is 14.0. The van der Waals surface area contributed by atoms with Crippen molar-refractivity contribution in [2.24, 2.45) is 0 Å². The van der Waals surface area contributed by atoms with Crippen molar-refractivity contribution in [1.82, 2.24) is 0 Å². The van der Waals surface area contributed by atoms with Crippen LogP contribution in [0.1, 0.15) is 35.2 Å². The molecule has 0 amide bonds. The molecule has 0 radical (unpaired) electrons. The molecule has 2 N–H and O–H groups in total. The molecule has 4 heteroatoms. The number of anilines is 1. The van der Waals surface area contributed by atoms with E-state index in [9.17, 15) is 9.59 Å². The van der Waals surface area contributed by atoms with E-state index in [1.165, 1.54) is 7.11 Å². The van der Waals surface area contributed by atoms with Gasteiger partial charge in [0.05, 0.1) is 18.6 Å². The van der Waals surface area contributed by atoms with Crippen LogP contribution in [0, 0.1) is 0 Å². The van der Waals surface area contributed by atoms with Gasteiger partial charge >= 0.3 is 5.97 Å². The van der Waals surface area contributed by atoms with E-state index >= 15 is 0 Å². The van der Waals surface area contributed by atoms with Gasteiger partial charge in [0.25, 0.3) is 0 Å². The van der Waals surface area contributed by atoms with Crippen LogP contribution < -0.4 is 5.73 Å². The zero-order chi connectivity index (χ0) is 13.7. The number of allylic oxidation sites excluding steroid dienone is 1. The zero-order valence-corrected chi connectivity index (χ0v) is 10.6. The Hall–Kier alpha value is -2.10. The summed E-state index contributed by atoms with van der Waals surface area (Å²) < 4.78 is 4.64. The van der Waals surface area contributed by atoms with Crippen LogP contribution in [0.5, 0.6) is 0 Å². The molecule has 0 fully saturated rings. The van der Waals surface area contributed by atoms with Crippen molar-refractivity contribution < 1.29 is 14.3 Å². The first-order valence-corrected chi connectivity index (χ1v) is 5.68. The average molecular weight is 247 g/mol. The molecular weight excluding hydrogens is 230 g/mol. The molecular formula is C14H17NO3. The number of Topliss-reactive ketones (excluding diaryl/α,β-unsaturated/α-hetero) is 1. The predicted molar refractivity (Wildman–Crippen MR) is 70.4 cm³/mol. The lowest BCUT2D eigenvalue weighted by Crippen LogP contribution is -2.12. The average Bonchev–Trinajstić information content (AvgIpc) is 2.40. The fourth-order valence-corrected chi connectivity index (χ4v) is 1.74. The highest BCUT2D eigenvalue weighted by molar-refractivity contribution is 5.93. The van der Waals surface area contributed by atoms with Gasteiger partial charge in [0, 0.05) is 12.1 Å². The molecule has 0 aliphatic heterocycles. The number of methoxy groups -OCH3 is 1. The number of ketones is 1. The van der Waals surface area contributed by atoms with Gasteiger partial charge < -0.3 is 10.5 Å². The number of esters is 1. The highest BCUT2D eigenvalue weighted by Gasteiger charge is 2.19. The summed E-state index contributed by atoms with van der Waals surface area (Å²) in [5, 5.41) is 0. The smallest absolute Gasteiger partial charge is 0.337 e. The van der Waals surface area contributed by atoms with Crippen molar-refractivity contribution >= 4 is 17.4 Å². The molecule has 1 atom stereocenters. The Labute approximate surface area is 106 Å². The van der Waals surface area contributed by atoms with Crippen LogP contribution in [0.15, 0.2) is 30.9 Å². The molecule has 96 valence electrons.